The van der Waals surface area contributed by atoms with Crippen molar-refractivity contribution >= 4 is 14.5 Å². The highest BCUT2D eigenvalue weighted by Crippen LogP contribution is 2.33. The molecule has 0 bridgehead atoms. The van der Waals surface area contributed by atoms with Crippen molar-refractivity contribution in [3.05, 3.63) is 0 Å². The zero-order valence-corrected chi connectivity index (χ0v) is 9.18. The molecule has 1 saturated heterocycles. The molecule has 0 aliphatic carbocycles. The van der Waals surface area contributed by atoms with Gasteiger partial charge < -0.3 is 4.74 Å². The molecule has 70 valence electrons. The van der Waals surface area contributed by atoms with E-state index < -0.39 is 0 Å². The number of hydrogen-bond donors (Lipinski definition) is 0. The first kappa shape index (κ1) is 10.2. The summed E-state index contributed by atoms with van der Waals surface area (Å²) >= 11 is 0. The lowest BCUT2D eigenvalue weighted by molar-refractivity contribution is 0.0399. The topological polar surface area (TPSA) is 9.23 Å². The van der Waals surface area contributed by atoms with Gasteiger partial charge in [0.25, 0.3) is 0 Å². The molecule has 0 aromatic rings. The maximum Gasteiger partial charge on any atom is 0.0614 e. The Balaban J connectivity index is 2.41. The minimum absolute atomic E-state index is 0.450. The van der Waals surface area contributed by atoms with Crippen LogP contribution in [-0.2, 0) is 4.74 Å². The van der Waals surface area contributed by atoms with Gasteiger partial charge in [-0.1, -0.05) is 20.1 Å². The third-order valence-corrected chi connectivity index (χ3v) is 3.69. The fourth-order valence-electron chi connectivity index (χ4n) is 1.84. The lowest BCUT2D eigenvalue weighted by Gasteiger charge is -2.14. The summed E-state index contributed by atoms with van der Waals surface area (Å²) < 4.78 is 5.86. The summed E-state index contributed by atoms with van der Waals surface area (Å²) in [7, 11) is 1.25. The fourth-order valence-corrected chi connectivity index (χ4v) is 2.28. The normalized spacial score (nSPS) is 42.2. The summed E-state index contributed by atoms with van der Waals surface area (Å²) in [4.78, 5) is 0. The molecule has 1 aliphatic rings. The second-order valence-corrected chi connectivity index (χ2v) is 4.73. The minimum atomic E-state index is 0.450. The van der Waals surface area contributed by atoms with E-state index in [2.05, 4.69) is 27.1 Å². The molecular weight excluding hydrogens is 167 g/mol. The highest BCUT2D eigenvalue weighted by Gasteiger charge is 2.35. The van der Waals surface area contributed by atoms with Crippen LogP contribution in [0.2, 0.25) is 0 Å². The molecule has 1 aliphatic heterocycles. The maximum atomic E-state index is 5.86. The fraction of sp³-hybridized carbons (Fsp3) is 0.900. The molecule has 2 heteroatoms. The van der Waals surface area contributed by atoms with Crippen molar-refractivity contribution in [2.45, 2.75) is 39.4 Å². The summed E-state index contributed by atoms with van der Waals surface area (Å²) in [6, 6.07) is 0. The Hall–Kier alpha value is 0.130. The lowest BCUT2D eigenvalue weighted by Crippen LogP contribution is -2.16. The Morgan fingerprint density at radius 1 is 1.25 bits per heavy atom. The van der Waals surface area contributed by atoms with E-state index in [1.165, 1.54) is 20.8 Å². The van der Waals surface area contributed by atoms with Crippen LogP contribution in [0.1, 0.15) is 27.2 Å². The molecule has 0 N–H and O–H groups in total. The van der Waals surface area contributed by atoms with Gasteiger partial charge in [-0.3, -0.25) is 0 Å². The van der Waals surface area contributed by atoms with Crippen molar-refractivity contribution in [2.24, 2.45) is 11.8 Å². The predicted octanol–water partition coefficient (Wildman–Crippen LogP) is 2.81. The van der Waals surface area contributed by atoms with E-state index in [4.69, 9.17) is 4.74 Å². The van der Waals surface area contributed by atoms with E-state index >= 15 is 0 Å². The molecule has 0 amide bonds. The highest BCUT2D eigenvalue weighted by atomic mass is 31.1. The SMILES string of the molecule is C=PCCC1OC(C)C(C)C1C. The summed E-state index contributed by atoms with van der Waals surface area (Å²) in [5.74, 6) is 1.44. The van der Waals surface area contributed by atoms with Crippen LogP contribution in [0.3, 0.4) is 0 Å². The summed E-state index contributed by atoms with van der Waals surface area (Å²) in [5, 5.41) is 0. The smallest absolute Gasteiger partial charge is 0.0614 e. The second-order valence-electron chi connectivity index (χ2n) is 3.83. The molecule has 1 fully saturated rings. The first-order valence-electron chi connectivity index (χ1n) is 4.74. The van der Waals surface area contributed by atoms with E-state index in [9.17, 15) is 0 Å². The molecule has 0 aromatic heterocycles. The van der Waals surface area contributed by atoms with Crippen LogP contribution in [0.5, 0.6) is 0 Å². The molecule has 0 spiro atoms. The summed E-state index contributed by atoms with van der Waals surface area (Å²) in [6.07, 6.45) is 7.12. The van der Waals surface area contributed by atoms with E-state index in [0.29, 0.717) is 12.2 Å². The van der Waals surface area contributed by atoms with Gasteiger partial charge in [0.1, 0.15) is 0 Å². The zero-order valence-electron chi connectivity index (χ0n) is 8.29. The molecule has 1 nitrogen and oxygen atoms in total. The van der Waals surface area contributed by atoms with Gasteiger partial charge in [-0.05, 0) is 31.3 Å². The van der Waals surface area contributed by atoms with Gasteiger partial charge in [-0.2, -0.15) is 0 Å². The average molecular weight is 186 g/mol. The molecule has 4 unspecified atom stereocenters. The van der Waals surface area contributed by atoms with E-state index in [1.807, 2.05) is 0 Å². The Morgan fingerprint density at radius 2 is 1.92 bits per heavy atom. The lowest BCUT2D eigenvalue weighted by atomic mass is 9.90. The van der Waals surface area contributed by atoms with E-state index in [0.717, 1.165) is 11.8 Å². The van der Waals surface area contributed by atoms with E-state index in [-0.39, 0.29) is 0 Å². The highest BCUT2D eigenvalue weighted by molar-refractivity contribution is 7.36. The monoisotopic (exact) mass is 186 g/mol. The molecule has 0 radical (unpaired) electrons. The summed E-state index contributed by atoms with van der Waals surface area (Å²) in [6.45, 7) is 6.78. The van der Waals surface area contributed by atoms with Crippen LogP contribution >= 0.6 is 8.20 Å². The van der Waals surface area contributed by atoms with Gasteiger partial charge in [-0.25, -0.2) is 0 Å². The van der Waals surface area contributed by atoms with Gasteiger partial charge in [0.05, 0.1) is 12.2 Å². The van der Waals surface area contributed by atoms with Crippen LogP contribution in [0, 0.1) is 11.8 Å². The quantitative estimate of drug-likeness (QED) is 0.616. The molecule has 4 atom stereocenters. The van der Waals surface area contributed by atoms with Crippen molar-refractivity contribution in [3.8, 4) is 0 Å². The number of hydrogen-bond acceptors (Lipinski definition) is 1. The third-order valence-electron chi connectivity index (χ3n) is 3.12. The first-order chi connectivity index (χ1) is 5.66. The summed E-state index contributed by atoms with van der Waals surface area (Å²) in [5.41, 5.74) is 0. The van der Waals surface area contributed by atoms with Crippen LogP contribution in [0.15, 0.2) is 0 Å². The second kappa shape index (κ2) is 4.39. The molecule has 0 saturated carbocycles. The number of ether oxygens (including phenoxy) is 1. The molecule has 1 heterocycles. The molecule has 0 aromatic carbocycles. The van der Waals surface area contributed by atoms with Crippen LogP contribution in [-0.4, -0.2) is 24.7 Å². The standard InChI is InChI=1S/C10H19OP/c1-7-8(2)10(5-6-12-4)11-9(7)3/h7-10H,4-6H2,1-3H3. The Bertz CT molecular complexity index is 158. The number of rotatable bonds is 3. The van der Waals surface area contributed by atoms with Crippen LogP contribution in [0.25, 0.3) is 0 Å². The zero-order chi connectivity index (χ0) is 9.14. The van der Waals surface area contributed by atoms with Gasteiger partial charge in [0.15, 0.2) is 0 Å². The van der Waals surface area contributed by atoms with Gasteiger partial charge in [-0.15, -0.1) is 8.20 Å². The largest absolute Gasteiger partial charge is 0.375 e. The van der Waals surface area contributed by atoms with Gasteiger partial charge in [0.2, 0.25) is 0 Å². The third kappa shape index (κ3) is 2.08. The minimum Gasteiger partial charge on any atom is -0.375 e. The average Bonchev–Trinajstić information content (AvgIpc) is 2.30. The van der Waals surface area contributed by atoms with E-state index in [1.54, 1.807) is 0 Å². The molecule has 1 rings (SSSR count). The molecule has 12 heavy (non-hydrogen) atoms. The van der Waals surface area contributed by atoms with Gasteiger partial charge in [0, 0.05) is 0 Å². The van der Waals surface area contributed by atoms with Crippen molar-refractivity contribution < 1.29 is 4.74 Å². The Morgan fingerprint density at radius 3 is 2.33 bits per heavy atom. The van der Waals surface area contributed by atoms with Gasteiger partial charge >= 0.3 is 0 Å². The van der Waals surface area contributed by atoms with Crippen LogP contribution < -0.4 is 0 Å². The maximum absolute atomic E-state index is 5.86. The molecular formula is C10H19OP. The Labute approximate surface area is 77.3 Å². The van der Waals surface area contributed by atoms with Crippen molar-refractivity contribution in [2.75, 3.05) is 6.16 Å². The van der Waals surface area contributed by atoms with Crippen molar-refractivity contribution in [1.29, 1.82) is 0 Å². The first-order valence-corrected chi connectivity index (χ1v) is 6.01. The van der Waals surface area contributed by atoms with Crippen LogP contribution in [0.4, 0.5) is 0 Å². The van der Waals surface area contributed by atoms with Crippen molar-refractivity contribution in [3.63, 3.8) is 0 Å². The van der Waals surface area contributed by atoms with Crippen molar-refractivity contribution in [1.82, 2.24) is 0 Å². The predicted molar refractivity (Wildman–Crippen MR) is 56.2 cm³/mol. The Kier molecular flexibility index (Phi) is 3.74.